The third kappa shape index (κ3) is 6.40. The van der Waals surface area contributed by atoms with Crippen molar-refractivity contribution >= 4 is 27.5 Å². The predicted octanol–water partition coefficient (Wildman–Crippen LogP) is 3.26. The second-order valence-electron chi connectivity index (χ2n) is 6.46. The van der Waals surface area contributed by atoms with Gasteiger partial charge in [0.15, 0.2) is 0 Å². The van der Waals surface area contributed by atoms with Crippen LogP contribution in [0, 0.1) is 0 Å². The minimum atomic E-state index is -3.28. The Morgan fingerprint density at radius 1 is 1.15 bits per heavy atom. The summed E-state index contributed by atoms with van der Waals surface area (Å²) >= 11 is 0. The maximum atomic E-state index is 11.9. The molecular formula is C18H29N3O4S. The van der Waals surface area contributed by atoms with Crippen molar-refractivity contribution in [3.63, 3.8) is 0 Å². The van der Waals surface area contributed by atoms with Gasteiger partial charge in [-0.1, -0.05) is 13.3 Å². The van der Waals surface area contributed by atoms with Gasteiger partial charge in [0.05, 0.1) is 12.4 Å². The molecule has 1 saturated heterocycles. The van der Waals surface area contributed by atoms with Crippen molar-refractivity contribution in [1.29, 1.82) is 0 Å². The molecule has 2 rings (SSSR count). The smallest absolute Gasteiger partial charge is 0.409 e. The van der Waals surface area contributed by atoms with Crippen LogP contribution in [-0.4, -0.2) is 50.9 Å². The molecule has 1 aliphatic rings. The molecule has 0 spiro atoms. The quantitative estimate of drug-likeness (QED) is 0.719. The minimum Gasteiger partial charge on any atom is -0.450 e. The van der Waals surface area contributed by atoms with Gasteiger partial charge in [0.25, 0.3) is 0 Å². The number of carbonyl (C=O) groups is 1. The monoisotopic (exact) mass is 383 g/mol. The zero-order valence-corrected chi connectivity index (χ0v) is 16.3. The van der Waals surface area contributed by atoms with E-state index in [0.717, 1.165) is 24.9 Å². The molecule has 1 heterocycles. The Balaban J connectivity index is 1.82. The van der Waals surface area contributed by atoms with Crippen molar-refractivity contribution in [2.75, 3.05) is 35.5 Å². The molecular weight excluding hydrogens is 354 g/mol. The molecule has 2 N–H and O–H groups in total. The second-order valence-corrected chi connectivity index (χ2v) is 8.30. The van der Waals surface area contributed by atoms with E-state index in [1.54, 1.807) is 24.0 Å². The molecule has 146 valence electrons. The molecule has 0 saturated carbocycles. The van der Waals surface area contributed by atoms with Gasteiger partial charge in [-0.2, -0.15) is 0 Å². The van der Waals surface area contributed by atoms with Crippen LogP contribution >= 0.6 is 0 Å². The van der Waals surface area contributed by atoms with Gasteiger partial charge in [0.2, 0.25) is 10.0 Å². The highest BCUT2D eigenvalue weighted by Crippen LogP contribution is 2.20. The lowest BCUT2D eigenvalue weighted by molar-refractivity contribution is 0.0983. The number of ether oxygens (including phenoxy) is 1. The summed E-state index contributed by atoms with van der Waals surface area (Å²) in [7, 11) is -3.28. The zero-order valence-electron chi connectivity index (χ0n) is 15.5. The first-order valence-electron chi connectivity index (χ1n) is 9.22. The van der Waals surface area contributed by atoms with Gasteiger partial charge >= 0.3 is 6.09 Å². The zero-order chi connectivity index (χ0) is 19.0. The molecule has 0 aliphatic carbocycles. The maximum absolute atomic E-state index is 11.9. The average Bonchev–Trinajstić information content (AvgIpc) is 2.62. The highest BCUT2D eigenvalue weighted by atomic mass is 32.2. The van der Waals surface area contributed by atoms with Crippen molar-refractivity contribution in [3.05, 3.63) is 24.3 Å². The molecule has 0 radical (unpaired) electrons. The van der Waals surface area contributed by atoms with E-state index in [1.807, 2.05) is 19.1 Å². The lowest BCUT2D eigenvalue weighted by atomic mass is 10.1. The number of piperidine rings is 1. The number of carbonyl (C=O) groups excluding carboxylic acids is 1. The summed E-state index contributed by atoms with van der Waals surface area (Å²) in [6, 6.07) is 7.55. The molecule has 1 amide bonds. The van der Waals surface area contributed by atoms with E-state index in [9.17, 15) is 13.2 Å². The summed E-state index contributed by atoms with van der Waals surface area (Å²) in [5.41, 5.74) is 1.51. The van der Waals surface area contributed by atoms with E-state index in [0.29, 0.717) is 31.8 Å². The fourth-order valence-corrected chi connectivity index (χ4v) is 4.12. The number of hydrogen-bond acceptors (Lipinski definition) is 5. The number of nitrogens with zero attached hydrogens (tertiary/aromatic N) is 1. The molecule has 7 nitrogen and oxygen atoms in total. The average molecular weight is 384 g/mol. The van der Waals surface area contributed by atoms with Gasteiger partial charge in [0.1, 0.15) is 0 Å². The number of rotatable bonds is 8. The largest absolute Gasteiger partial charge is 0.450 e. The van der Waals surface area contributed by atoms with Crippen LogP contribution in [-0.2, 0) is 14.8 Å². The number of unbranched alkanes of at least 4 members (excludes halogenated alkanes) is 1. The fraction of sp³-hybridized carbons (Fsp3) is 0.611. The van der Waals surface area contributed by atoms with Gasteiger partial charge in [0, 0.05) is 30.5 Å². The van der Waals surface area contributed by atoms with Crippen LogP contribution in [0.4, 0.5) is 16.2 Å². The minimum absolute atomic E-state index is 0.141. The summed E-state index contributed by atoms with van der Waals surface area (Å²) in [5.74, 6) is 0.141. The Hall–Kier alpha value is -1.96. The number of likely N-dealkylation sites (tertiary alicyclic amines) is 1. The summed E-state index contributed by atoms with van der Waals surface area (Å²) in [6.45, 7) is 5.51. The molecule has 0 atom stereocenters. The summed E-state index contributed by atoms with van der Waals surface area (Å²) in [6.07, 6.45) is 2.96. The van der Waals surface area contributed by atoms with Crippen LogP contribution in [0.5, 0.6) is 0 Å². The molecule has 0 bridgehead atoms. The van der Waals surface area contributed by atoms with Crippen LogP contribution in [0.1, 0.15) is 39.5 Å². The molecule has 1 aliphatic heterocycles. The number of amides is 1. The maximum Gasteiger partial charge on any atom is 0.409 e. The van der Waals surface area contributed by atoms with Gasteiger partial charge in [-0.3, -0.25) is 4.72 Å². The number of sulfonamides is 1. The normalized spacial score (nSPS) is 15.5. The predicted molar refractivity (Wildman–Crippen MR) is 104 cm³/mol. The highest BCUT2D eigenvalue weighted by Gasteiger charge is 2.23. The molecule has 26 heavy (non-hydrogen) atoms. The van der Waals surface area contributed by atoms with E-state index in [2.05, 4.69) is 10.0 Å². The van der Waals surface area contributed by atoms with E-state index in [4.69, 9.17) is 4.74 Å². The molecule has 1 aromatic carbocycles. The van der Waals surface area contributed by atoms with Crippen LogP contribution in [0.2, 0.25) is 0 Å². The van der Waals surface area contributed by atoms with E-state index < -0.39 is 10.0 Å². The third-order valence-corrected chi connectivity index (χ3v) is 5.69. The van der Waals surface area contributed by atoms with E-state index in [-0.39, 0.29) is 17.9 Å². The van der Waals surface area contributed by atoms with Crippen molar-refractivity contribution in [2.24, 2.45) is 0 Å². The Bertz CT molecular complexity index is 668. The molecule has 1 aromatic rings. The van der Waals surface area contributed by atoms with Crippen molar-refractivity contribution in [2.45, 2.75) is 45.6 Å². The Morgan fingerprint density at radius 3 is 2.35 bits per heavy atom. The fourth-order valence-electron chi connectivity index (χ4n) is 2.86. The molecule has 1 fully saturated rings. The summed E-state index contributed by atoms with van der Waals surface area (Å²) < 4.78 is 31.5. The summed E-state index contributed by atoms with van der Waals surface area (Å²) in [5, 5.41) is 3.44. The van der Waals surface area contributed by atoms with E-state index >= 15 is 0 Å². The molecule has 8 heteroatoms. The number of nitrogens with one attached hydrogen (secondary N) is 2. The van der Waals surface area contributed by atoms with Gasteiger partial charge < -0.3 is 15.0 Å². The SMILES string of the molecule is CCCCS(=O)(=O)Nc1ccc(NC2CCN(C(=O)OCC)CC2)cc1. The number of benzene rings is 1. The first-order chi connectivity index (χ1) is 12.4. The Kier molecular flexibility index (Phi) is 7.56. The van der Waals surface area contributed by atoms with Gasteiger partial charge in [-0.25, -0.2) is 13.2 Å². The van der Waals surface area contributed by atoms with E-state index in [1.165, 1.54) is 0 Å². The summed E-state index contributed by atoms with van der Waals surface area (Å²) in [4.78, 5) is 13.4. The lowest BCUT2D eigenvalue weighted by Crippen LogP contribution is -2.42. The van der Waals surface area contributed by atoms with Crippen LogP contribution < -0.4 is 10.0 Å². The van der Waals surface area contributed by atoms with Crippen molar-refractivity contribution in [1.82, 2.24) is 4.90 Å². The topological polar surface area (TPSA) is 87.7 Å². The number of hydrogen-bond donors (Lipinski definition) is 2. The van der Waals surface area contributed by atoms with Gasteiger partial charge in [-0.05, 0) is 50.5 Å². The first kappa shape index (κ1) is 20.4. The van der Waals surface area contributed by atoms with Crippen molar-refractivity contribution < 1.29 is 17.9 Å². The third-order valence-electron chi connectivity index (χ3n) is 4.32. The van der Waals surface area contributed by atoms with Crippen LogP contribution in [0.3, 0.4) is 0 Å². The second kappa shape index (κ2) is 9.66. The molecule has 0 unspecified atom stereocenters. The van der Waals surface area contributed by atoms with Crippen LogP contribution in [0.25, 0.3) is 0 Å². The Labute approximate surface area is 156 Å². The number of anilines is 2. The standard InChI is InChI=1S/C18H29N3O4S/c1-3-5-14-26(23,24)20-17-8-6-15(7-9-17)19-16-10-12-21(13-11-16)18(22)25-4-2/h6-9,16,19-20H,3-5,10-14H2,1-2H3. The van der Waals surface area contributed by atoms with Crippen molar-refractivity contribution in [3.8, 4) is 0 Å². The molecule has 0 aromatic heterocycles. The highest BCUT2D eigenvalue weighted by molar-refractivity contribution is 7.92. The van der Waals surface area contributed by atoms with Crippen LogP contribution in [0.15, 0.2) is 24.3 Å². The van der Waals surface area contributed by atoms with Gasteiger partial charge in [-0.15, -0.1) is 0 Å². The Morgan fingerprint density at radius 2 is 1.77 bits per heavy atom. The first-order valence-corrected chi connectivity index (χ1v) is 10.9. The lowest BCUT2D eigenvalue weighted by Gasteiger charge is -2.32.